The van der Waals surface area contributed by atoms with Gasteiger partial charge in [-0.2, -0.15) is 10.4 Å². The van der Waals surface area contributed by atoms with Crippen LogP contribution in [0.25, 0.3) is 0 Å². The minimum Gasteiger partial charge on any atom is -1.00 e. The summed E-state index contributed by atoms with van der Waals surface area (Å²) < 4.78 is 0. The van der Waals surface area contributed by atoms with Crippen molar-refractivity contribution in [3.8, 4) is 0 Å². The van der Waals surface area contributed by atoms with E-state index in [4.69, 9.17) is 0 Å². The highest BCUT2D eigenvalue weighted by molar-refractivity contribution is 4.45. The fourth-order valence-electron chi connectivity index (χ4n) is 1.97. The number of hydroxylamine groups is 4. The first-order valence-electron chi connectivity index (χ1n) is 6.95. The number of hydrogen-bond acceptors (Lipinski definition) is 2. The van der Waals surface area contributed by atoms with Gasteiger partial charge in [0.25, 0.3) is 0 Å². The Balaban J connectivity index is 0. The Hall–Kier alpha value is 0.170. The van der Waals surface area contributed by atoms with Crippen molar-refractivity contribution in [2.24, 2.45) is 0 Å². The molecule has 0 aromatic rings. The van der Waals surface area contributed by atoms with Gasteiger partial charge in [-0.15, -0.1) is 0 Å². The summed E-state index contributed by atoms with van der Waals surface area (Å²) in [4.78, 5) is -0.785. The second-order valence-electron chi connectivity index (χ2n) is 4.80. The zero-order chi connectivity index (χ0) is 12.3. The summed E-state index contributed by atoms with van der Waals surface area (Å²) in [7, 11) is 0. The van der Waals surface area contributed by atoms with Crippen LogP contribution in [-0.4, -0.2) is 28.3 Å². The molecule has 3 nitrogen and oxygen atoms in total. The quantitative estimate of drug-likeness (QED) is 0.335. The maximum atomic E-state index is 9.48. The molecule has 0 atom stereocenters. The fourth-order valence-corrected chi connectivity index (χ4v) is 1.97. The van der Waals surface area contributed by atoms with Crippen LogP contribution in [0.4, 0.5) is 0 Å². The Labute approximate surface area is 113 Å². The largest absolute Gasteiger partial charge is 1.00 e. The Morgan fingerprint density at radius 3 is 1.59 bits per heavy atom. The molecule has 2 N–H and O–H groups in total. The molecule has 0 aliphatic carbocycles. The average molecular weight is 268 g/mol. The highest BCUT2D eigenvalue weighted by atomic mass is 35.5. The molecule has 0 fully saturated rings. The Bertz CT molecular complexity index is 154. The van der Waals surface area contributed by atoms with Gasteiger partial charge >= 0.3 is 0 Å². The van der Waals surface area contributed by atoms with Gasteiger partial charge in [0.05, 0.1) is 0 Å². The predicted octanol–water partition coefficient (Wildman–Crippen LogP) is 1.14. The standard InChI is InChI=1S/C13H30NO2.ClH/c1-3-5-6-7-8-9-10-11-13-14(15,16)12-4-2;/h15-16H,3-13H2,1-2H3;1H/q+1;/p-1. The monoisotopic (exact) mass is 267 g/mol. The number of rotatable bonds is 11. The van der Waals surface area contributed by atoms with Gasteiger partial charge in [0.1, 0.15) is 13.1 Å². The number of unbranched alkanes of at least 4 members (excludes halogenated alkanes) is 7. The molecule has 0 saturated carbocycles. The molecular formula is C13H30ClNO2. The van der Waals surface area contributed by atoms with E-state index in [1.807, 2.05) is 6.92 Å². The molecule has 0 aliphatic rings. The summed E-state index contributed by atoms with van der Waals surface area (Å²) in [6, 6.07) is 0. The predicted molar refractivity (Wildman–Crippen MR) is 66.5 cm³/mol. The van der Waals surface area contributed by atoms with E-state index in [1.165, 1.54) is 38.5 Å². The Morgan fingerprint density at radius 1 is 0.647 bits per heavy atom. The molecule has 0 aromatic heterocycles. The van der Waals surface area contributed by atoms with E-state index in [2.05, 4.69) is 6.92 Å². The van der Waals surface area contributed by atoms with Crippen LogP contribution in [0.15, 0.2) is 0 Å². The van der Waals surface area contributed by atoms with Crippen LogP contribution in [-0.2, 0) is 0 Å². The molecule has 0 radical (unpaired) electrons. The molecule has 0 rings (SSSR count). The van der Waals surface area contributed by atoms with E-state index < -0.39 is 4.81 Å². The number of hydrogen-bond donors (Lipinski definition) is 2. The van der Waals surface area contributed by atoms with Crippen molar-refractivity contribution < 1.29 is 27.6 Å². The van der Waals surface area contributed by atoms with Gasteiger partial charge in [0, 0.05) is 6.42 Å². The lowest BCUT2D eigenvalue weighted by Gasteiger charge is -2.20. The second kappa shape index (κ2) is 12.6. The highest BCUT2D eigenvalue weighted by Gasteiger charge is 2.19. The van der Waals surface area contributed by atoms with E-state index in [0.29, 0.717) is 13.1 Å². The second-order valence-corrected chi connectivity index (χ2v) is 4.80. The van der Waals surface area contributed by atoms with E-state index in [9.17, 15) is 10.4 Å². The minimum absolute atomic E-state index is 0. The van der Waals surface area contributed by atoms with Gasteiger partial charge < -0.3 is 12.4 Å². The molecule has 0 spiro atoms. The van der Waals surface area contributed by atoms with Crippen molar-refractivity contribution in [3.05, 3.63) is 0 Å². The van der Waals surface area contributed by atoms with E-state index >= 15 is 0 Å². The van der Waals surface area contributed by atoms with Crippen LogP contribution in [0.3, 0.4) is 0 Å². The van der Waals surface area contributed by atoms with Gasteiger partial charge in [0.15, 0.2) is 0 Å². The molecule has 0 aromatic carbocycles. The van der Waals surface area contributed by atoms with Crippen LogP contribution in [0, 0.1) is 0 Å². The Kier molecular flexibility index (Phi) is 14.5. The summed E-state index contributed by atoms with van der Waals surface area (Å²) in [5, 5.41) is 19.0. The van der Waals surface area contributed by atoms with Crippen LogP contribution in [0.5, 0.6) is 0 Å². The topological polar surface area (TPSA) is 40.5 Å². The maximum Gasteiger partial charge on any atom is 0.142 e. The first-order chi connectivity index (χ1) is 7.62. The highest BCUT2D eigenvalue weighted by Crippen LogP contribution is 2.10. The molecule has 106 valence electrons. The molecule has 17 heavy (non-hydrogen) atoms. The van der Waals surface area contributed by atoms with Gasteiger partial charge in [0.2, 0.25) is 0 Å². The first-order valence-corrected chi connectivity index (χ1v) is 6.95. The number of halogens is 1. The lowest BCUT2D eigenvalue weighted by Crippen LogP contribution is -3.00. The lowest BCUT2D eigenvalue weighted by atomic mass is 10.1. The van der Waals surface area contributed by atoms with E-state index in [1.54, 1.807) is 0 Å². The summed E-state index contributed by atoms with van der Waals surface area (Å²) in [6.45, 7) is 5.11. The zero-order valence-electron chi connectivity index (χ0n) is 11.5. The average Bonchev–Trinajstić information content (AvgIpc) is 2.22. The van der Waals surface area contributed by atoms with Crippen LogP contribution >= 0.6 is 0 Å². The van der Waals surface area contributed by atoms with Crippen molar-refractivity contribution in [1.82, 2.24) is 0 Å². The number of nitrogens with zero attached hydrogens (tertiary/aromatic N) is 1. The molecule has 0 saturated heterocycles. The number of quaternary nitrogens is 1. The third kappa shape index (κ3) is 14.1. The lowest BCUT2D eigenvalue weighted by molar-refractivity contribution is -1.24. The van der Waals surface area contributed by atoms with Crippen LogP contribution in [0.2, 0.25) is 0 Å². The molecule has 0 unspecified atom stereocenters. The maximum absolute atomic E-state index is 9.48. The smallest absolute Gasteiger partial charge is 0.142 e. The molecule has 0 heterocycles. The van der Waals surface area contributed by atoms with Crippen molar-refractivity contribution in [2.45, 2.75) is 71.6 Å². The van der Waals surface area contributed by atoms with Crippen molar-refractivity contribution in [1.29, 1.82) is 0 Å². The van der Waals surface area contributed by atoms with Gasteiger partial charge in [-0.3, -0.25) is 0 Å². The van der Waals surface area contributed by atoms with E-state index in [-0.39, 0.29) is 12.4 Å². The fraction of sp³-hybridized carbons (Fsp3) is 1.00. The third-order valence-electron chi connectivity index (χ3n) is 2.95. The van der Waals surface area contributed by atoms with Crippen molar-refractivity contribution in [3.63, 3.8) is 0 Å². The summed E-state index contributed by atoms with van der Waals surface area (Å²) in [6.07, 6.45) is 10.7. The van der Waals surface area contributed by atoms with Crippen molar-refractivity contribution in [2.75, 3.05) is 13.1 Å². The van der Waals surface area contributed by atoms with Gasteiger partial charge in [-0.25, -0.2) is 0 Å². The minimum atomic E-state index is -0.785. The third-order valence-corrected chi connectivity index (χ3v) is 2.95. The normalized spacial score (nSPS) is 11.3. The zero-order valence-corrected chi connectivity index (χ0v) is 12.3. The van der Waals surface area contributed by atoms with Gasteiger partial charge in [-0.1, -0.05) is 52.4 Å². The molecule has 0 amide bonds. The van der Waals surface area contributed by atoms with Crippen LogP contribution in [0.1, 0.15) is 71.6 Å². The molecule has 0 aliphatic heterocycles. The summed E-state index contributed by atoms with van der Waals surface area (Å²) in [5.74, 6) is 0. The SMILES string of the molecule is CCCCCCCCCC[N+](O)(O)CCC.[Cl-]. The summed E-state index contributed by atoms with van der Waals surface area (Å²) in [5.41, 5.74) is 0. The Morgan fingerprint density at radius 2 is 1.12 bits per heavy atom. The molecule has 4 heteroatoms. The van der Waals surface area contributed by atoms with Gasteiger partial charge in [-0.05, 0) is 17.7 Å². The summed E-state index contributed by atoms with van der Waals surface area (Å²) >= 11 is 0. The first kappa shape index (κ1) is 19.5. The molecule has 0 bridgehead atoms. The van der Waals surface area contributed by atoms with Crippen molar-refractivity contribution >= 4 is 0 Å². The van der Waals surface area contributed by atoms with E-state index in [0.717, 1.165) is 19.3 Å². The van der Waals surface area contributed by atoms with Crippen LogP contribution < -0.4 is 12.4 Å². The molecular weight excluding hydrogens is 238 g/mol.